The fraction of sp³-hybridized carbons (Fsp3) is 0.961. The Hall–Kier alpha value is -1.22. The molecule has 24 nitrogen and oxygen atoms in total. The monoisotopic (exact) mass is 1080 g/mol. The van der Waals surface area contributed by atoms with Gasteiger partial charge < -0.3 is 119 Å². The minimum Gasteiger partial charge on any atom is -0.394 e. The van der Waals surface area contributed by atoms with E-state index in [1.165, 1.54) is 0 Å². The van der Waals surface area contributed by atoms with Gasteiger partial charge in [0.1, 0.15) is 97.7 Å². The van der Waals surface area contributed by atoms with E-state index in [1.54, 1.807) is 0 Å². The molecule has 10 rings (SSSR count). The zero-order valence-corrected chi connectivity index (χ0v) is 42.7. The molecule has 14 N–H and O–H groups in total. The number of fused-ring (bicyclic) bond motifs is 7. The van der Waals surface area contributed by atoms with E-state index in [0.717, 1.165) is 50.5 Å². The normalized spacial score (nSPS) is 57.0. The Kier molecular flexibility index (Phi) is 16.7. The van der Waals surface area contributed by atoms with Gasteiger partial charge in [-0.25, -0.2) is 0 Å². The first-order valence-electron chi connectivity index (χ1n) is 27.1. The van der Waals surface area contributed by atoms with Gasteiger partial charge in [-0.2, -0.15) is 0 Å². The average molecular weight is 1080 g/mol. The molecular formula is C51H82O24. The van der Waals surface area contributed by atoms with Gasteiger partial charge in [0, 0.05) is 12.3 Å². The zero-order valence-electron chi connectivity index (χ0n) is 42.7. The topological polar surface area (TPSA) is 376 Å². The largest absolute Gasteiger partial charge is 0.394 e. The second-order valence-corrected chi connectivity index (χ2v) is 24.1. The Morgan fingerprint density at radius 2 is 1.09 bits per heavy atom. The van der Waals surface area contributed by atoms with Crippen LogP contribution in [0.2, 0.25) is 0 Å². The standard InChI is InChI=1S/C51H82O24/c1-19-7-10-51(66-18-19)20(2)32-27(75-51)12-24-22-6-5-21-11-26(25(56)13-50(21,4)23(22)8-9-49(24,32)3)67-45-41(65)38(62)42(31(17-55)71-45)72-48-44(74-47-40(64)37(61)34(58)29(15-53)69-47)43(35(59)30(16-54)70-48)73-46-39(63)36(60)33(57)28(14-52)68-46/h20-48,52-65H,1,5-18H2,2-4H3. The molecule has 1 spiro atoms. The summed E-state index contributed by atoms with van der Waals surface area (Å²) in [6.45, 7) is 8.22. The fourth-order valence-corrected chi connectivity index (χ4v) is 16.0. The SMILES string of the molecule is C=C1CCC2(OC1)OC1CC3C4CCC5CC(OC6OC(CO)C(OC7OC(CO)C(O)C(OC8OC(CO)C(O)C(O)C8O)C7OC7OC(CO)C(O)C(O)C7O)C(O)C6O)C(O)CC5(C)C4CCC3(C)C1C2C. The summed E-state index contributed by atoms with van der Waals surface area (Å²) in [6.07, 6.45) is -30.8. The number of aliphatic hydroxyl groups excluding tert-OH is 14. The van der Waals surface area contributed by atoms with Gasteiger partial charge in [-0.1, -0.05) is 32.9 Å². The summed E-state index contributed by atoms with van der Waals surface area (Å²) in [6, 6.07) is 0. The maximum absolute atomic E-state index is 12.0. The summed E-state index contributed by atoms with van der Waals surface area (Å²) in [4.78, 5) is 0. The smallest absolute Gasteiger partial charge is 0.187 e. The van der Waals surface area contributed by atoms with Gasteiger partial charge >= 0.3 is 0 Å². The lowest BCUT2D eigenvalue weighted by molar-refractivity contribution is -0.407. The van der Waals surface area contributed by atoms with Crippen molar-refractivity contribution in [2.75, 3.05) is 33.0 Å². The molecule has 0 radical (unpaired) electrons. The molecule has 6 saturated heterocycles. The highest BCUT2D eigenvalue weighted by Crippen LogP contribution is 2.71. The van der Waals surface area contributed by atoms with Crippen molar-refractivity contribution in [1.82, 2.24) is 0 Å². The predicted molar refractivity (Wildman–Crippen MR) is 250 cm³/mol. The van der Waals surface area contributed by atoms with Crippen LogP contribution in [0, 0.1) is 46.3 Å². The van der Waals surface area contributed by atoms with Crippen LogP contribution in [0.15, 0.2) is 12.2 Å². The van der Waals surface area contributed by atoms with Gasteiger partial charge in [-0.05, 0) is 91.8 Å². The van der Waals surface area contributed by atoms with Crippen LogP contribution >= 0.6 is 0 Å². The van der Waals surface area contributed by atoms with E-state index in [9.17, 15) is 71.5 Å². The zero-order chi connectivity index (χ0) is 53.8. The molecule has 0 aromatic heterocycles. The summed E-state index contributed by atoms with van der Waals surface area (Å²) in [5, 5.41) is 152. The van der Waals surface area contributed by atoms with Crippen molar-refractivity contribution in [2.45, 2.75) is 225 Å². The fourth-order valence-electron chi connectivity index (χ4n) is 16.0. The lowest BCUT2D eigenvalue weighted by Gasteiger charge is -2.62. The van der Waals surface area contributed by atoms with E-state index >= 15 is 0 Å². The van der Waals surface area contributed by atoms with E-state index in [4.69, 9.17) is 47.4 Å². The lowest BCUT2D eigenvalue weighted by atomic mass is 9.44. The van der Waals surface area contributed by atoms with E-state index in [0.29, 0.717) is 43.1 Å². The predicted octanol–water partition coefficient (Wildman–Crippen LogP) is -4.02. The molecule has 10 aliphatic rings. The van der Waals surface area contributed by atoms with Crippen molar-refractivity contribution < 1.29 is 119 Å². The number of aliphatic hydroxyl groups is 14. The number of hydrogen-bond donors (Lipinski definition) is 14. The molecule has 10 fully saturated rings. The van der Waals surface area contributed by atoms with Crippen molar-refractivity contribution in [2.24, 2.45) is 46.3 Å². The Bertz CT molecular complexity index is 1960. The highest BCUT2D eigenvalue weighted by molar-refractivity contribution is 5.17. The first-order chi connectivity index (χ1) is 35.6. The van der Waals surface area contributed by atoms with E-state index in [-0.39, 0.29) is 28.8 Å². The van der Waals surface area contributed by atoms with Crippen molar-refractivity contribution in [1.29, 1.82) is 0 Å². The van der Waals surface area contributed by atoms with Crippen molar-refractivity contribution in [3.8, 4) is 0 Å². The van der Waals surface area contributed by atoms with Crippen LogP contribution in [-0.4, -0.2) is 251 Å². The molecule has 0 aromatic rings. The Morgan fingerprint density at radius 3 is 1.69 bits per heavy atom. The molecule has 4 saturated carbocycles. The maximum atomic E-state index is 12.0. The molecule has 32 unspecified atom stereocenters. The van der Waals surface area contributed by atoms with Crippen LogP contribution < -0.4 is 0 Å². The first kappa shape index (κ1) is 57.0. The molecule has 6 heterocycles. The highest BCUT2D eigenvalue weighted by Gasteiger charge is 2.70. The van der Waals surface area contributed by atoms with Crippen LogP contribution in [0.4, 0.5) is 0 Å². The van der Waals surface area contributed by atoms with Crippen molar-refractivity contribution in [3.63, 3.8) is 0 Å². The van der Waals surface area contributed by atoms with Crippen LogP contribution in [0.5, 0.6) is 0 Å². The quantitative estimate of drug-likeness (QED) is 0.0654. The Labute approximate surface area is 434 Å². The van der Waals surface area contributed by atoms with Gasteiger partial charge in [0.25, 0.3) is 0 Å². The molecule has 430 valence electrons. The number of rotatable bonds is 12. The summed E-state index contributed by atoms with van der Waals surface area (Å²) < 4.78 is 61.1. The summed E-state index contributed by atoms with van der Waals surface area (Å²) in [5.74, 6) is 1.55. The molecule has 0 aromatic carbocycles. The van der Waals surface area contributed by atoms with Crippen LogP contribution in [0.1, 0.15) is 78.6 Å². The minimum atomic E-state index is -2.06. The second-order valence-electron chi connectivity index (χ2n) is 24.1. The number of ether oxygens (including phenoxy) is 10. The van der Waals surface area contributed by atoms with Crippen LogP contribution in [0.25, 0.3) is 0 Å². The van der Waals surface area contributed by atoms with Crippen LogP contribution in [-0.2, 0) is 47.4 Å². The highest BCUT2D eigenvalue weighted by atomic mass is 16.8. The molecular weight excluding hydrogens is 997 g/mol. The third-order valence-electron chi connectivity index (χ3n) is 20.2. The van der Waals surface area contributed by atoms with E-state index in [2.05, 4.69) is 27.4 Å². The Morgan fingerprint density at radius 1 is 0.547 bits per heavy atom. The molecule has 0 bridgehead atoms. The van der Waals surface area contributed by atoms with Crippen molar-refractivity contribution >= 4 is 0 Å². The van der Waals surface area contributed by atoms with Gasteiger partial charge in [-0.15, -0.1) is 0 Å². The first-order valence-corrected chi connectivity index (χ1v) is 27.1. The second kappa shape index (κ2) is 21.9. The van der Waals surface area contributed by atoms with Gasteiger partial charge in [0.2, 0.25) is 0 Å². The molecule has 6 aliphatic heterocycles. The molecule has 32 atom stereocenters. The maximum Gasteiger partial charge on any atom is 0.187 e. The summed E-state index contributed by atoms with van der Waals surface area (Å²) >= 11 is 0. The molecule has 0 amide bonds. The van der Waals surface area contributed by atoms with Crippen molar-refractivity contribution in [3.05, 3.63) is 12.2 Å². The molecule has 75 heavy (non-hydrogen) atoms. The third kappa shape index (κ3) is 9.71. The van der Waals surface area contributed by atoms with Gasteiger partial charge in [0.15, 0.2) is 30.9 Å². The minimum absolute atomic E-state index is 0.0987. The number of hydrogen-bond acceptors (Lipinski definition) is 24. The average Bonchev–Trinajstić information content (AvgIpc) is 3.84. The summed E-state index contributed by atoms with van der Waals surface area (Å²) in [5.41, 5.74) is 0.994. The van der Waals surface area contributed by atoms with E-state index in [1.807, 2.05) is 0 Å². The van der Waals surface area contributed by atoms with Crippen LogP contribution in [0.3, 0.4) is 0 Å². The van der Waals surface area contributed by atoms with Gasteiger partial charge in [0.05, 0.1) is 51.3 Å². The molecule has 4 aliphatic carbocycles. The summed E-state index contributed by atoms with van der Waals surface area (Å²) in [7, 11) is 0. The van der Waals surface area contributed by atoms with E-state index < -0.39 is 167 Å². The Balaban J connectivity index is 0.832. The van der Waals surface area contributed by atoms with Gasteiger partial charge in [-0.3, -0.25) is 0 Å². The third-order valence-corrected chi connectivity index (χ3v) is 20.2. The molecule has 24 heteroatoms. The lowest BCUT2D eigenvalue weighted by Crippen LogP contribution is -2.69.